The Labute approximate surface area is 70.5 Å². The zero-order valence-corrected chi connectivity index (χ0v) is 6.26. The molecule has 7 heteroatoms. The molecule has 0 fully saturated rings. The SMILES string of the molecule is O.O=c1cc/c(=N/O)c(=O)/c1=N/O. The zero-order chi connectivity index (χ0) is 9.14. The van der Waals surface area contributed by atoms with Crippen LogP contribution in [-0.2, 0) is 0 Å². The van der Waals surface area contributed by atoms with Crippen LogP contribution in [-0.4, -0.2) is 15.9 Å². The first-order valence-electron chi connectivity index (χ1n) is 2.92. The molecule has 0 atom stereocenters. The third-order valence-corrected chi connectivity index (χ3v) is 1.28. The number of nitrogens with zero attached hydrogens (tertiary/aromatic N) is 2. The van der Waals surface area contributed by atoms with Crippen LogP contribution >= 0.6 is 0 Å². The predicted molar refractivity (Wildman–Crippen MR) is 39.7 cm³/mol. The highest BCUT2D eigenvalue weighted by Gasteiger charge is 1.99. The van der Waals surface area contributed by atoms with E-state index in [0.29, 0.717) is 0 Å². The fourth-order valence-corrected chi connectivity index (χ4v) is 0.716. The maximum atomic E-state index is 10.9. The monoisotopic (exact) mass is 186 g/mol. The van der Waals surface area contributed by atoms with Gasteiger partial charge in [-0.2, -0.15) is 0 Å². The van der Waals surface area contributed by atoms with Crippen molar-refractivity contribution in [1.82, 2.24) is 0 Å². The first-order chi connectivity index (χ1) is 5.70. The van der Waals surface area contributed by atoms with Gasteiger partial charge in [0.2, 0.25) is 10.9 Å². The molecule has 0 spiro atoms. The summed E-state index contributed by atoms with van der Waals surface area (Å²) in [6.45, 7) is 0. The molecule has 0 saturated heterocycles. The summed E-state index contributed by atoms with van der Waals surface area (Å²) in [7, 11) is 0. The molecule has 0 aliphatic carbocycles. The van der Waals surface area contributed by atoms with E-state index in [2.05, 4.69) is 10.3 Å². The Bertz CT molecular complexity index is 497. The summed E-state index contributed by atoms with van der Waals surface area (Å²) in [6.07, 6.45) is 0. The quantitative estimate of drug-likeness (QED) is 0.331. The van der Waals surface area contributed by atoms with Crippen molar-refractivity contribution < 1.29 is 15.9 Å². The van der Waals surface area contributed by atoms with Crippen molar-refractivity contribution in [3.8, 4) is 0 Å². The molecule has 0 unspecified atom stereocenters. The summed E-state index contributed by atoms with van der Waals surface area (Å²) in [5.74, 6) is 0. The molecule has 1 aromatic rings. The first-order valence-corrected chi connectivity index (χ1v) is 2.92. The molecule has 0 aromatic heterocycles. The van der Waals surface area contributed by atoms with Gasteiger partial charge in [0.05, 0.1) is 0 Å². The van der Waals surface area contributed by atoms with Crippen LogP contribution in [0.15, 0.2) is 32.0 Å². The Morgan fingerprint density at radius 3 is 2.15 bits per heavy atom. The molecule has 70 valence electrons. The van der Waals surface area contributed by atoms with Gasteiger partial charge < -0.3 is 15.9 Å². The second-order valence-corrected chi connectivity index (χ2v) is 1.96. The molecule has 0 aliphatic heterocycles. The maximum Gasteiger partial charge on any atom is 0.240 e. The van der Waals surface area contributed by atoms with Gasteiger partial charge in [0.25, 0.3) is 0 Å². The Kier molecular flexibility index (Phi) is 3.48. The largest absolute Gasteiger partial charge is 0.412 e. The minimum absolute atomic E-state index is 0. The van der Waals surface area contributed by atoms with E-state index in [1.165, 1.54) is 0 Å². The van der Waals surface area contributed by atoms with Crippen molar-refractivity contribution in [3.05, 3.63) is 43.3 Å². The smallest absolute Gasteiger partial charge is 0.240 e. The lowest BCUT2D eigenvalue weighted by atomic mass is 10.3. The number of hydrogen-bond acceptors (Lipinski definition) is 6. The second-order valence-electron chi connectivity index (χ2n) is 1.96. The fraction of sp³-hybridized carbons (Fsp3) is 0. The van der Waals surface area contributed by atoms with E-state index in [9.17, 15) is 9.59 Å². The Morgan fingerprint density at radius 1 is 1.08 bits per heavy atom. The van der Waals surface area contributed by atoms with E-state index in [1.807, 2.05) is 0 Å². The van der Waals surface area contributed by atoms with Crippen LogP contribution in [0.3, 0.4) is 0 Å². The van der Waals surface area contributed by atoms with Crippen LogP contribution in [0.4, 0.5) is 0 Å². The lowest BCUT2D eigenvalue weighted by Crippen LogP contribution is -2.47. The molecule has 0 aliphatic rings. The third kappa shape index (κ3) is 1.76. The minimum Gasteiger partial charge on any atom is -0.412 e. The van der Waals surface area contributed by atoms with Gasteiger partial charge in [-0.1, -0.05) is 10.3 Å². The van der Waals surface area contributed by atoms with Crippen molar-refractivity contribution in [2.24, 2.45) is 10.3 Å². The molecular formula is C6H6N2O5. The highest BCUT2D eigenvalue weighted by atomic mass is 16.4. The van der Waals surface area contributed by atoms with Crippen LogP contribution in [0, 0.1) is 0 Å². The molecule has 1 rings (SSSR count). The average molecular weight is 186 g/mol. The molecule has 1 aromatic carbocycles. The number of benzene rings is 1. The molecule has 7 nitrogen and oxygen atoms in total. The summed E-state index contributed by atoms with van der Waals surface area (Å²) >= 11 is 0. The average Bonchev–Trinajstić information content (AvgIpc) is 2.06. The second kappa shape index (κ2) is 4.12. The fourth-order valence-electron chi connectivity index (χ4n) is 0.716. The van der Waals surface area contributed by atoms with Gasteiger partial charge in [-0.25, -0.2) is 0 Å². The van der Waals surface area contributed by atoms with E-state index < -0.39 is 16.2 Å². The van der Waals surface area contributed by atoms with Crippen LogP contribution in [0.5, 0.6) is 0 Å². The molecule has 0 bridgehead atoms. The van der Waals surface area contributed by atoms with Gasteiger partial charge in [0, 0.05) is 0 Å². The molecule has 0 amide bonds. The predicted octanol–water partition coefficient (Wildman–Crippen LogP) is -2.96. The lowest BCUT2D eigenvalue weighted by Gasteiger charge is -1.79. The number of hydrogen-bond donors (Lipinski definition) is 2. The van der Waals surface area contributed by atoms with Gasteiger partial charge in [-0.3, -0.25) is 9.59 Å². The van der Waals surface area contributed by atoms with Gasteiger partial charge in [0.15, 0.2) is 10.7 Å². The van der Waals surface area contributed by atoms with Gasteiger partial charge >= 0.3 is 0 Å². The lowest BCUT2D eigenvalue weighted by molar-refractivity contribution is 0.295. The standard InChI is InChI=1S/C6H4N2O4.H2O/c9-4-2-1-3(7-11)6(10)5(4)8-12;/h1-2,11-12H;1H2/b7-3-,8-5+;. The van der Waals surface area contributed by atoms with Gasteiger partial charge in [0.1, 0.15) is 0 Å². The first kappa shape index (κ1) is 11.0. The van der Waals surface area contributed by atoms with Crippen molar-refractivity contribution in [1.29, 1.82) is 0 Å². The summed E-state index contributed by atoms with van der Waals surface area (Å²) in [4.78, 5) is 21.7. The Morgan fingerprint density at radius 2 is 1.69 bits per heavy atom. The van der Waals surface area contributed by atoms with E-state index in [1.54, 1.807) is 0 Å². The molecule has 4 N–H and O–H groups in total. The van der Waals surface area contributed by atoms with Crippen LogP contribution in [0.25, 0.3) is 0 Å². The maximum absolute atomic E-state index is 10.9. The summed E-state index contributed by atoms with van der Waals surface area (Å²) in [6, 6.07) is 2.02. The van der Waals surface area contributed by atoms with Crippen LogP contribution < -0.4 is 21.6 Å². The van der Waals surface area contributed by atoms with E-state index >= 15 is 0 Å². The molecular weight excluding hydrogens is 180 g/mol. The minimum atomic E-state index is -0.896. The third-order valence-electron chi connectivity index (χ3n) is 1.28. The highest BCUT2D eigenvalue weighted by Crippen LogP contribution is 1.54. The normalized spacial score (nSPS) is 12.6. The van der Waals surface area contributed by atoms with Crippen molar-refractivity contribution in [2.75, 3.05) is 0 Å². The van der Waals surface area contributed by atoms with Gasteiger partial charge in [-0.05, 0) is 12.1 Å². The van der Waals surface area contributed by atoms with Gasteiger partial charge in [-0.15, -0.1) is 0 Å². The summed E-state index contributed by atoms with van der Waals surface area (Å²) in [5.41, 5.74) is -1.61. The number of rotatable bonds is 0. The van der Waals surface area contributed by atoms with Crippen LogP contribution in [0.2, 0.25) is 0 Å². The van der Waals surface area contributed by atoms with E-state index in [4.69, 9.17) is 10.4 Å². The van der Waals surface area contributed by atoms with Crippen molar-refractivity contribution >= 4 is 0 Å². The topological polar surface area (TPSA) is 131 Å². The van der Waals surface area contributed by atoms with Crippen LogP contribution in [0.1, 0.15) is 0 Å². The zero-order valence-electron chi connectivity index (χ0n) is 6.26. The summed E-state index contributed by atoms with van der Waals surface area (Å²) < 4.78 is 0. The summed E-state index contributed by atoms with van der Waals surface area (Å²) in [5, 5.41) is 20.6. The van der Waals surface area contributed by atoms with E-state index in [-0.39, 0.29) is 10.8 Å². The van der Waals surface area contributed by atoms with Crippen molar-refractivity contribution in [3.63, 3.8) is 0 Å². The molecule has 13 heavy (non-hydrogen) atoms. The molecule has 0 heterocycles. The van der Waals surface area contributed by atoms with Crippen molar-refractivity contribution in [2.45, 2.75) is 0 Å². The Balaban J connectivity index is 0.00000144. The molecule has 0 radical (unpaired) electrons. The Hall–Kier alpha value is -2.02. The highest BCUT2D eigenvalue weighted by molar-refractivity contribution is 5.01. The molecule has 0 saturated carbocycles. The van der Waals surface area contributed by atoms with E-state index in [0.717, 1.165) is 12.1 Å².